The van der Waals surface area contributed by atoms with Gasteiger partial charge >= 0.3 is 6.01 Å². The number of anilines is 1. The molecule has 1 heterocycles. The molecular weight excluding hydrogens is 355 g/mol. The third kappa shape index (κ3) is 4.67. The first-order chi connectivity index (χ1) is 11.9. The monoisotopic (exact) mass is 368 g/mol. The van der Waals surface area contributed by atoms with Crippen LogP contribution in [0.3, 0.4) is 0 Å². The maximum atomic E-state index is 14.0. The molecule has 9 nitrogen and oxygen atoms in total. The Morgan fingerprint density at radius 1 is 1.24 bits per heavy atom. The van der Waals surface area contributed by atoms with Gasteiger partial charge in [0.15, 0.2) is 17.3 Å². The van der Waals surface area contributed by atoms with E-state index >= 15 is 0 Å². The van der Waals surface area contributed by atoms with Crippen molar-refractivity contribution in [3.05, 3.63) is 30.1 Å². The molecule has 0 radical (unpaired) electrons. The minimum absolute atomic E-state index is 0.130. The second-order valence-corrected chi connectivity index (χ2v) is 6.19. The molecule has 25 heavy (non-hydrogen) atoms. The Labute approximate surface area is 143 Å². The number of hydrogen-bond acceptors (Lipinski definition) is 8. The maximum Gasteiger partial charge on any atom is 0.328 e. The van der Waals surface area contributed by atoms with E-state index in [9.17, 15) is 12.8 Å². The van der Waals surface area contributed by atoms with Gasteiger partial charge in [-0.15, -0.1) is 0 Å². The summed E-state index contributed by atoms with van der Waals surface area (Å²) in [4.78, 5) is 7.82. The van der Waals surface area contributed by atoms with Crippen LogP contribution in [0.1, 0.15) is 0 Å². The van der Waals surface area contributed by atoms with Crippen molar-refractivity contribution in [3.63, 3.8) is 0 Å². The number of hydrogen-bond donors (Lipinski definition) is 1. The number of nitrogens with zero attached hydrogens (tertiary/aromatic N) is 3. The van der Waals surface area contributed by atoms with Gasteiger partial charge < -0.3 is 14.2 Å². The van der Waals surface area contributed by atoms with Crippen molar-refractivity contribution >= 4 is 15.7 Å². The van der Waals surface area contributed by atoms with Gasteiger partial charge in [-0.05, 0) is 12.1 Å². The van der Waals surface area contributed by atoms with Crippen molar-refractivity contribution in [2.75, 3.05) is 24.7 Å². The Balaban J connectivity index is 2.41. The third-order valence-corrected chi connectivity index (χ3v) is 3.79. The molecule has 0 aliphatic rings. The summed E-state index contributed by atoms with van der Waals surface area (Å²) in [6.45, 7) is 0. The fraction of sp³-hybridized carbons (Fsp3) is 0.214. The first-order valence-electron chi connectivity index (χ1n) is 6.69. The fourth-order valence-electron chi connectivity index (χ4n) is 1.70. The first kappa shape index (κ1) is 18.2. The van der Waals surface area contributed by atoms with Gasteiger partial charge in [-0.25, -0.2) is 12.8 Å². The van der Waals surface area contributed by atoms with Crippen molar-refractivity contribution in [3.8, 4) is 29.6 Å². The van der Waals surface area contributed by atoms with E-state index in [1.54, 1.807) is 0 Å². The molecule has 0 fully saturated rings. The lowest BCUT2D eigenvalue weighted by molar-refractivity contribution is 0.348. The zero-order valence-corrected chi connectivity index (χ0v) is 14.0. The van der Waals surface area contributed by atoms with Crippen molar-refractivity contribution < 1.29 is 27.0 Å². The Hall–Kier alpha value is -3.13. The smallest absolute Gasteiger partial charge is 0.328 e. The number of sulfonamides is 1. The van der Waals surface area contributed by atoms with E-state index in [1.807, 2.05) is 4.72 Å². The normalized spacial score (nSPS) is 10.6. The minimum Gasteiger partial charge on any atom is -0.481 e. The molecule has 0 aliphatic carbocycles. The summed E-state index contributed by atoms with van der Waals surface area (Å²) >= 11 is 0. The Bertz CT molecular complexity index is 892. The highest BCUT2D eigenvalue weighted by Gasteiger charge is 2.19. The molecule has 11 heteroatoms. The topological polar surface area (TPSA) is 123 Å². The quantitative estimate of drug-likeness (QED) is 0.783. The van der Waals surface area contributed by atoms with Gasteiger partial charge in [-0.3, -0.25) is 4.72 Å². The summed E-state index contributed by atoms with van der Waals surface area (Å²) in [6.07, 6.45) is 0. The van der Waals surface area contributed by atoms with Crippen LogP contribution in [-0.4, -0.2) is 38.4 Å². The number of methoxy groups -OCH3 is 2. The van der Waals surface area contributed by atoms with Crippen LogP contribution in [0, 0.1) is 17.1 Å². The van der Waals surface area contributed by atoms with Crippen molar-refractivity contribution in [1.29, 1.82) is 5.26 Å². The van der Waals surface area contributed by atoms with Gasteiger partial charge in [0.25, 0.3) is 0 Å². The van der Waals surface area contributed by atoms with Gasteiger partial charge in [-0.2, -0.15) is 15.2 Å². The highest BCUT2D eigenvalue weighted by molar-refractivity contribution is 7.92. The molecule has 0 saturated heterocycles. The van der Waals surface area contributed by atoms with Gasteiger partial charge in [-0.1, -0.05) is 6.07 Å². The van der Waals surface area contributed by atoms with Crippen LogP contribution in [0.25, 0.3) is 0 Å². The van der Waals surface area contributed by atoms with Crippen LogP contribution < -0.4 is 18.9 Å². The van der Waals surface area contributed by atoms with E-state index in [-0.39, 0.29) is 23.5 Å². The van der Waals surface area contributed by atoms with E-state index in [4.69, 9.17) is 19.5 Å². The molecule has 0 aliphatic heterocycles. The predicted molar refractivity (Wildman–Crippen MR) is 84.6 cm³/mol. The van der Waals surface area contributed by atoms with E-state index in [0.29, 0.717) is 0 Å². The minimum atomic E-state index is -4.07. The number of nitrogens with one attached hydrogen (secondary N) is 1. The average molecular weight is 368 g/mol. The molecular formula is C14H13FN4O5S. The number of halogens is 1. The summed E-state index contributed by atoms with van der Waals surface area (Å²) in [7, 11) is -1.33. The molecule has 2 rings (SSSR count). The van der Waals surface area contributed by atoms with E-state index < -0.39 is 27.3 Å². The maximum absolute atomic E-state index is 14.0. The number of nitriles is 1. The van der Waals surface area contributed by atoms with Gasteiger partial charge in [0.1, 0.15) is 5.69 Å². The molecule has 0 atom stereocenters. The van der Waals surface area contributed by atoms with Gasteiger partial charge in [0.05, 0.1) is 26.4 Å². The number of ether oxygens (including phenoxy) is 3. The number of rotatable bonds is 7. The van der Waals surface area contributed by atoms with Crippen LogP contribution >= 0.6 is 0 Å². The molecule has 0 spiro atoms. The highest BCUT2D eigenvalue weighted by Crippen LogP contribution is 2.32. The molecule has 1 N–H and O–H groups in total. The number of para-hydroxylation sites is 1. The molecule has 132 valence electrons. The van der Waals surface area contributed by atoms with Gasteiger partial charge in [0.2, 0.25) is 21.8 Å². The van der Waals surface area contributed by atoms with Crippen LogP contribution in [0.5, 0.6) is 23.5 Å². The van der Waals surface area contributed by atoms with Crippen LogP contribution in [0.2, 0.25) is 0 Å². The second kappa shape index (κ2) is 7.63. The molecule has 0 bridgehead atoms. The SMILES string of the molecule is COc1cc(OC)nc(Oc2cccc(F)c2NS(=O)(=O)CC#N)n1. The predicted octanol–water partition coefficient (Wildman–Crippen LogP) is 1.69. The third-order valence-electron chi connectivity index (χ3n) is 2.77. The van der Waals surface area contributed by atoms with Crippen molar-refractivity contribution in [2.45, 2.75) is 0 Å². The van der Waals surface area contributed by atoms with E-state index in [0.717, 1.165) is 6.07 Å². The van der Waals surface area contributed by atoms with Crippen molar-refractivity contribution in [2.24, 2.45) is 0 Å². The largest absolute Gasteiger partial charge is 0.481 e. The molecule has 1 aromatic carbocycles. The highest BCUT2D eigenvalue weighted by atomic mass is 32.2. The van der Waals surface area contributed by atoms with Crippen molar-refractivity contribution in [1.82, 2.24) is 9.97 Å². The lowest BCUT2D eigenvalue weighted by Crippen LogP contribution is -2.17. The summed E-state index contributed by atoms with van der Waals surface area (Å²) in [6, 6.07) is 6.28. The van der Waals surface area contributed by atoms with E-state index in [1.165, 1.54) is 38.5 Å². The summed E-state index contributed by atoms with van der Waals surface area (Å²) in [5.74, 6) is -1.68. The Morgan fingerprint density at radius 3 is 2.44 bits per heavy atom. The Morgan fingerprint density at radius 2 is 1.88 bits per heavy atom. The number of aromatic nitrogens is 2. The molecule has 0 amide bonds. The van der Waals surface area contributed by atoms with Crippen LogP contribution in [0.4, 0.5) is 10.1 Å². The summed E-state index contributed by atoms with van der Waals surface area (Å²) in [5.41, 5.74) is -0.469. The average Bonchev–Trinajstić information content (AvgIpc) is 2.57. The molecule has 0 saturated carbocycles. The molecule has 1 aromatic heterocycles. The molecule has 2 aromatic rings. The standard InChI is InChI=1S/C14H13FN4O5S/c1-22-11-8-12(23-2)18-14(17-11)24-10-5-3-4-9(15)13(10)19-25(20,21)7-6-16/h3-5,8,19H,7H2,1-2H3. The lowest BCUT2D eigenvalue weighted by Gasteiger charge is -2.13. The molecule has 0 unspecified atom stereocenters. The first-order valence-corrected chi connectivity index (χ1v) is 8.34. The lowest BCUT2D eigenvalue weighted by atomic mass is 10.3. The summed E-state index contributed by atoms with van der Waals surface area (Å²) < 4.78 is 54.8. The number of benzene rings is 1. The van der Waals surface area contributed by atoms with Crippen LogP contribution in [0.15, 0.2) is 24.3 Å². The zero-order chi connectivity index (χ0) is 18.4. The second-order valence-electron chi connectivity index (χ2n) is 4.47. The fourth-order valence-corrected chi connectivity index (χ4v) is 2.45. The van der Waals surface area contributed by atoms with Gasteiger partial charge in [0, 0.05) is 0 Å². The van der Waals surface area contributed by atoms with Crippen LogP contribution in [-0.2, 0) is 10.0 Å². The zero-order valence-electron chi connectivity index (χ0n) is 13.2. The summed E-state index contributed by atoms with van der Waals surface area (Å²) in [5, 5.41) is 8.53. The van der Waals surface area contributed by atoms with E-state index in [2.05, 4.69) is 9.97 Å². The Kier molecular flexibility index (Phi) is 5.56.